The first kappa shape index (κ1) is 19.8. The molecule has 1 N–H and O–H groups in total. The van der Waals surface area contributed by atoms with Crippen LogP contribution < -0.4 is 10.1 Å². The van der Waals surface area contributed by atoms with E-state index in [0.717, 1.165) is 23.6 Å². The topological polar surface area (TPSA) is 66.8 Å². The van der Waals surface area contributed by atoms with Crippen molar-refractivity contribution in [1.29, 1.82) is 0 Å². The van der Waals surface area contributed by atoms with Gasteiger partial charge in [0.05, 0.1) is 7.11 Å². The van der Waals surface area contributed by atoms with E-state index >= 15 is 0 Å². The Balaban J connectivity index is 1.92. The number of nitrogens with zero attached hydrogens (tertiary/aromatic N) is 3. The molecule has 0 spiro atoms. The van der Waals surface area contributed by atoms with Gasteiger partial charge >= 0.3 is 6.03 Å². The van der Waals surface area contributed by atoms with Crippen molar-refractivity contribution in [2.45, 2.75) is 26.4 Å². The van der Waals surface area contributed by atoms with Gasteiger partial charge in [-0.15, -0.1) is 0 Å². The van der Waals surface area contributed by atoms with E-state index < -0.39 is 0 Å². The number of carbonyl (C=O) groups is 2. The molecule has 1 atom stereocenters. The number of benzene rings is 1. The molecule has 2 heterocycles. The first-order valence-electron chi connectivity index (χ1n) is 9.70. The molecule has 1 aromatic carbocycles. The molecule has 3 rings (SSSR count). The first-order valence-corrected chi connectivity index (χ1v) is 9.70. The van der Waals surface area contributed by atoms with Gasteiger partial charge in [0, 0.05) is 43.6 Å². The van der Waals surface area contributed by atoms with Gasteiger partial charge in [0.15, 0.2) is 0 Å². The van der Waals surface area contributed by atoms with Crippen molar-refractivity contribution in [2.24, 2.45) is 0 Å². The van der Waals surface area contributed by atoms with E-state index in [2.05, 4.69) is 9.88 Å². The van der Waals surface area contributed by atoms with Crippen molar-refractivity contribution in [1.82, 2.24) is 19.7 Å². The molecule has 1 aliphatic heterocycles. The lowest BCUT2D eigenvalue weighted by atomic mass is 9.98. The molecule has 1 aromatic heterocycles. The van der Waals surface area contributed by atoms with Crippen LogP contribution in [0.2, 0.25) is 0 Å². The van der Waals surface area contributed by atoms with Crippen LogP contribution in [0.3, 0.4) is 0 Å². The Hall–Kier alpha value is -2.96. The number of methoxy groups -OCH3 is 1. The Labute approximate surface area is 165 Å². The third kappa shape index (κ3) is 3.83. The molecular formula is C21H28N4O3. The monoisotopic (exact) mass is 384 g/mol. The summed E-state index contributed by atoms with van der Waals surface area (Å²) in [6, 6.07) is 11.4. The molecule has 0 saturated heterocycles. The minimum Gasteiger partial charge on any atom is -0.496 e. The average Bonchev–Trinajstić information content (AvgIpc) is 3.20. The van der Waals surface area contributed by atoms with Crippen LogP contribution in [0.25, 0.3) is 0 Å². The normalized spacial score (nSPS) is 15.7. The van der Waals surface area contributed by atoms with Gasteiger partial charge < -0.3 is 24.4 Å². The molecule has 150 valence electrons. The number of para-hydroxylation sites is 1. The molecular weight excluding hydrogens is 356 g/mol. The smallest absolute Gasteiger partial charge is 0.317 e. The fourth-order valence-corrected chi connectivity index (χ4v) is 3.72. The number of hydrogen-bond donors (Lipinski definition) is 1. The van der Waals surface area contributed by atoms with Crippen LogP contribution in [0.15, 0.2) is 42.6 Å². The van der Waals surface area contributed by atoms with Gasteiger partial charge in [-0.1, -0.05) is 18.2 Å². The summed E-state index contributed by atoms with van der Waals surface area (Å²) in [4.78, 5) is 28.9. The second kappa shape index (κ2) is 8.82. The van der Waals surface area contributed by atoms with Gasteiger partial charge in [-0.3, -0.25) is 4.79 Å². The largest absolute Gasteiger partial charge is 0.496 e. The predicted molar refractivity (Wildman–Crippen MR) is 107 cm³/mol. The maximum absolute atomic E-state index is 13.2. The highest BCUT2D eigenvalue weighted by Gasteiger charge is 2.34. The van der Waals surface area contributed by atoms with Crippen molar-refractivity contribution in [3.63, 3.8) is 0 Å². The zero-order valence-electron chi connectivity index (χ0n) is 16.7. The summed E-state index contributed by atoms with van der Waals surface area (Å²) in [5, 5.41) is 2.77. The van der Waals surface area contributed by atoms with Crippen molar-refractivity contribution in [2.75, 3.05) is 33.3 Å². The van der Waals surface area contributed by atoms with Crippen LogP contribution in [0, 0.1) is 0 Å². The molecule has 0 saturated carbocycles. The number of aromatic nitrogens is 1. The van der Waals surface area contributed by atoms with Gasteiger partial charge in [-0.25, -0.2) is 4.79 Å². The Kier molecular flexibility index (Phi) is 6.23. The summed E-state index contributed by atoms with van der Waals surface area (Å²) in [6.45, 7) is 6.11. The zero-order valence-corrected chi connectivity index (χ0v) is 16.7. The van der Waals surface area contributed by atoms with Gasteiger partial charge in [0.1, 0.15) is 18.3 Å². The molecule has 1 unspecified atom stereocenters. The van der Waals surface area contributed by atoms with Crippen molar-refractivity contribution < 1.29 is 14.3 Å². The molecule has 2 aromatic rings. The molecule has 28 heavy (non-hydrogen) atoms. The van der Waals surface area contributed by atoms with Gasteiger partial charge in [-0.2, -0.15) is 0 Å². The highest BCUT2D eigenvalue weighted by Crippen LogP contribution is 2.37. The van der Waals surface area contributed by atoms with Crippen LogP contribution in [-0.2, 0) is 11.3 Å². The number of rotatable bonds is 6. The summed E-state index contributed by atoms with van der Waals surface area (Å²) < 4.78 is 7.74. The Bertz CT molecular complexity index is 833. The van der Waals surface area contributed by atoms with E-state index in [-0.39, 0.29) is 24.5 Å². The Morgan fingerprint density at radius 3 is 2.68 bits per heavy atom. The summed E-state index contributed by atoms with van der Waals surface area (Å²) in [5.74, 6) is 0.674. The number of likely N-dealkylation sites (N-methyl/N-ethyl adjacent to an activating group) is 1. The fourth-order valence-electron chi connectivity index (χ4n) is 3.72. The fraction of sp³-hybridized carbons (Fsp3) is 0.429. The van der Waals surface area contributed by atoms with Crippen LogP contribution in [0.1, 0.15) is 31.1 Å². The van der Waals surface area contributed by atoms with E-state index in [1.54, 1.807) is 12.0 Å². The minimum absolute atomic E-state index is 0.0503. The highest BCUT2D eigenvalue weighted by atomic mass is 16.5. The van der Waals surface area contributed by atoms with Crippen LogP contribution in [-0.4, -0.2) is 59.6 Å². The third-order valence-electron chi connectivity index (χ3n) is 5.12. The molecule has 7 heteroatoms. The van der Waals surface area contributed by atoms with E-state index in [1.165, 1.54) is 0 Å². The molecule has 0 radical (unpaired) electrons. The molecule has 0 fully saturated rings. The standard InChI is InChI=1S/C21H28N4O3/c1-4-22-21(27)23(5-2)15-19(26)25-14-13-24-12-8-10-17(24)20(25)16-9-6-7-11-18(16)28-3/h6-12,20H,4-5,13-15H2,1-3H3,(H,22,27). The second-order valence-corrected chi connectivity index (χ2v) is 6.71. The van der Waals surface area contributed by atoms with Crippen molar-refractivity contribution >= 4 is 11.9 Å². The highest BCUT2D eigenvalue weighted by molar-refractivity contribution is 5.84. The Morgan fingerprint density at radius 1 is 1.18 bits per heavy atom. The third-order valence-corrected chi connectivity index (χ3v) is 5.12. The van der Waals surface area contributed by atoms with Crippen LogP contribution in [0.5, 0.6) is 5.75 Å². The van der Waals surface area contributed by atoms with Crippen molar-refractivity contribution in [3.05, 3.63) is 53.9 Å². The van der Waals surface area contributed by atoms with E-state index in [1.807, 2.05) is 61.3 Å². The zero-order chi connectivity index (χ0) is 20.1. The summed E-state index contributed by atoms with van der Waals surface area (Å²) in [7, 11) is 1.64. The molecule has 1 aliphatic rings. The van der Waals surface area contributed by atoms with Gasteiger partial charge in [0.2, 0.25) is 5.91 Å². The lowest BCUT2D eigenvalue weighted by molar-refractivity contribution is -0.134. The van der Waals surface area contributed by atoms with Gasteiger partial charge in [0.25, 0.3) is 0 Å². The summed E-state index contributed by atoms with van der Waals surface area (Å²) in [6.07, 6.45) is 2.03. The SMILES string of the molecule is CCNC(=O)N(CC)CC(=O)N1CCn2cccc2C1c1ccccc1OC. The first-order chi connectivity index (χ1) is 13.6. The summed E-state index contributed by atoms with van der Waals surface area (Å²) in [5.41, 5.74) is 1.99. The molecule has 0 aliphatic carbocycles. The molecule has 0 bridgehead atoms. The number of urea groups is 1. The van der Waals surface area contributed by atoms with E-state index in [9.17, 15) is 9.59 Å². The molecule has 3 amide bonds. The number of carbonyl (C=O) groups excluding carboxylic acids is 2. The number of ether oxygens (including phenoxy) is 1. The Morgan fingerprint density at radius 2 is 1.96 bits per heavy atom. The number of nitrogens with one attached hydrogen (secondary N) is 1. The molecule has 7 nitrogen and oxygen atoms in total. The predicted octanol–water partition coefficient (Wildman–Crippen LogP) is 2.48. The maximum Gasteiger partial charge on any atom is 0.317 e. The lowest BCUT2D eigenvalue weighted by Crippen LogP contribution is -2.49. The number of hydrogen-bond acceptors (Lipinski definition) is 3. The number of fused-ring (bicyclic) bond motifs is 1. The van der Waals surface area contributed by atoms with Crippen LogP contribution >= 0.6 is 0 Å². The van der Waals surface area contributed by atoms with Crippen molar-refractivity contribution in [3.8, 4) is 5.75 Å². The average molecular weight is 384 g/mol. The van der Waals surface area contributed by atoms with Gasteiger partial charge in [-0.05, 0) is 32.0 Å². The summed E-state index contributed by atoms with van der Waals surface area (Å²) >= 11 is 0. The second-order valence-electron chi connectivity index (χ2n) is 6.71. The van der Waals surface area contributed by atoms with E-state index in [0.29, 0.717) is 19.6 Å². The lowest BCUT2D eigenvalue weighted by Gasteiger charge is -2.38. The van der Waals surface area contributed by atoms with E-state index in [4.69, 9.17) is 4.74 Å². The quantitative estimate of drug-likeness (QED) is 0.832. The minimum atomic E-state index is -0.250. The number of amides is 3. The van der Waals surface area contributed by atoms with Crippen LogP contribution in [0.4, 0.5) is 4.79 Å². The maximum atomic E-state index is 13.2.